The molecule has 3 saturated heterocycles. The normalized spacial score (nSPS) is 40.9. The minimum absolute atomic E-state index is 0.699. The Labute approximate surface area is 278 Å². The molecule has 0 bridgehead atoms. The van der Waals surface area contributed by atoms with Gasteiger partial charge in [-0.15, -0.1) is 0 Å². The Morgan fingerprint density at radius 2 is 1.43 bits per heavy atom. The highest BCUT2D eigenvalue weighted by Crippen LogP contribution is 2.38. The zero-order chi connectivity index (χ0) is 37.0. The van der Waals surface area contributed by atoms with Crippen molar-refractivity contribution in [2.75, 3.05) is 19.8 Å². The van der Waals surface area contributed by atoms with Gasteiger partial charge in [0, 0.05) is 27.2 Å². The molecule has 0 aliphatic carbocycles. The number of hydrogen-bond donors (Lipinski definition) is 12. The Kier molecular flexibility index (Phi) is 14.2. The summed E-state index contributed by atoms with van der Waals surface area (Å²) < 4.78 is 32.2. The molecule has 2 amide bonds. The third-order valence-electron chi connectivity index (χ3n) is 8.14. The van der Waals surface area contributed by atoms with E-state index >= 15 is 0 Å². The molecular weight excluding hydrogens is 672 g/mol. The van der Waals surface area contributed by atoms with Crippen molar-refractivity contribution < 1.29 is 98.7 Å². The van der Waals surface area contributed by atoms with Crippen molar-refractivity contribution in [1.29, 1.82) is 0 Å². The van der Waals surface area contributed by atoms with Crippen LogP contribution < -0.4 is 10.6 Å². The molecule has 3 aliphatic rings. The quantitative estimate of drug-likeness (QED) is 0.0787. The fourth-order valence-corrected chi connectivity index (χ4v) is 5.76. The third-order valence-corrected chi connectivity index (χ3v) is 8.14. The number of amides is 2. The Hall–Kier alpha value is -2.68. The lowest BCUT2D eigenvalue weighted by Crippen LogP contribution is -2.71. The summed E-state index contributed by atoms with van der Waals surface area (Å²) in [4.78, 5) is 47.5. The number of rotatable bonds is 13. The molecule has 22 heteroatoms. The smallest absolute Gasteiger partial charge is 0.364 e. The van der Waals surface area contributed by atoms with Crippen LogP contribution in [0.3, 0.4) is 0 Å². The first-order valence-electron chi connectivity index (χ1n) is 15.1. The second-order valence-electron chi connectivity index (χ2n) is 11.9. The van der Waals surface area contributed by atoms with Crippen LogP contribution in [0.5, 0.6) is 0 Å². The zero-order valence-corrected chi connectivity index (χ0v) is 26.5. The van der Waals surface area contributed by atoms with E-state index in [0.29, 0.717) is 0 Å². The van der Waals surface area contributed by atoms with Crippen LogP contribution in [0.4, 0.5) is 0 Å². The van der Waals surface area contributed by atoms with Gasteiger partial charge in [-0.25, -0.2) is 4.79 Å². The molecule has 3 aliphatic heterocycles. The molecule has 0 radical (unpaired) electrons. The van der Waals surface area contributed by atoms with Gasteiger partial charge in [0.1, 0.15) is 73.7 Å². The number of aliphatic hydroxyl groups excluding tert-OH is 9. The SMILES string of the molecule is CC(=O)N[C@H]1[C@H]([C@H](O)[C@H](O)COC(C)=O)O[C@@](O[C@H]2[C@@H](O)[C@@H](CO)O[C@H](O[C@H]3[C@H](O)[C@@H](NC(C)=O)C(O)O[C@@H]3CO)[C@@H]2O)(C(=O)O)C[C@@H]1O. The average Bonchev–Trinajstić information content (AvgIpc) is 3.02. The summed E-state index contributed by atoms with van der Waals surface area (Å²) in [6.07, 6.45) is -26.0. The van der Waals surface area contributed by atoms with E-state index in [-0.39, 0.29) is 0 Å². The molecule has 0 aromatic rings. The first-order valence-corrected chi connectivity index (χ1v) is 15.1. The molecule has 282 valence electrons. The molecule has 1 unspecified atom stereocenters. The van der Waals surface area contributed by atoms with E-state index in [2.05, 4.69) is 15.4 Å². The first kappa shape index (κ1) is 40.7. The van der Waals surface area contributed by atoms with Gasteiger partial charge in [0.2, 0.25) is 11.8 Å². The van der Waals surface area contributed by atoms with Gasteiger partial charge >= 0.3 is 11.9 Å². The molecule has 0 spiro atoms. The largest absolute Gasteiger partial charge is 0.477 e. The average molecular weight is 717 g/mol. The number of carbonyl (C=O) groups is 4. The number of carboxylic acid groups (broad SMARTS) is 1. The number of carboxylic acids is 1. The molecule has 3 heterocycles. The summed E-state index contributed by atoms with van der Waals surface area (Å²) in [6, 6.07) is -3.10. The summed E-state index contributed by atoms with van der Waals surface area (Å²) in [5, 5.41) is 110. The van der Waals surface area contributed by atoms with Gasteiger partial charge in [0.05, 0.1) is 25.4 Å². The third kappa shape index (κ3) is 9.36. The van der Waals surface area contributed by atoms with E-state index in [1.165, 1.54) is 0 Å². The van der Waals surface area contributed by atoms with Crippen LogP contribution in [0.25, 0.3) is 0 Å². The number of carbonyl (C=O) groups excluding carboxylic acids is 3. The second kappa shape index (κ2) is 17.0. The van der Waals surface area contributed by atoms with Crippen molar-refractivity contribution in [2.24, 2.45) is 0 Å². The highest BCUT2D eigenvalue weighted by Gasteiger charge is 2.60. The predicted molar refractivity (Wildman–Crippen MR) is 151 cm³/mol. The number of hydrogen-bond acceptors (Lipinski definition) is 19. The van der Waals surface area contributed by atoms with Gasteiger partial charge in [-0.2, -0.15) is 0 Å². The molecule has 0 aromatic heterocycles. The molecule has 3 fully saturated rings. The lowest BCUT2D eigenvalue weighted by Gasteiger charge is -2.50. The molecule has 16 atom stereocenters. The summed E-state index contributed by atoms with van der Waals surface area (Å²) >= 11 is 0. The Balaban J connectivity index is 1.96. The molecular formula is C27H44N2O20. The molecule has 3 rings (SSSR count). The second-order valence-corrected chi connectivity index (χ2v) is 11.9. The molecule has 49 heavy (non-hydrogen) atoms. The van der Waals surface area contributed by atoms with E-state index in [9.17, 15) is 70.2 Å². The van der Waals surface area contributed by atoms with E-state index in [1.54, 1.807) is 0 Å². The predicted octanol–water partition coefficient (Wildman–Crippen LogP) is -7.51. The van der Waals surface area contributed by atoms with Crippen LogP contribution in [0.1, 0.15) is 27.2 Å². The van der Waals surface area contributed by atoms with Gasteiger partial charge in [-0.05, 0) is 0 Å². The standard InChI is InChI=1S/C27H44N2O20/c1-8(32)28-15-11(35)4-27(26(42)43,48-22(15)17(37)12(36)7-44-10(3)34)49-23-18(38)13(5-30)46-25(20(23)40)47-21-14(6-31)45-24(41)16(19(21)39)29-9(2)33/h11-25,30-31,35-41H,4-7H2,1-3H3,(H,28,32)(H,29,33)(H,42,43)/t11-,12+,13+,14+,15+,16+,17+,18-,19+,20+,21+,22+,23-,24?,25+,27-/m0/s1. The highest BCUT2D eigenvalue weighted by atomic mass is 16.8. The van der Waals surface area contributed by atoms with Gasteiger partial charge in [0.15, 0.2) is 12.6 Å². The summed E-state index contributed by atoms with van der Waals surface area (Å²) in [5.74, 6) is -7.39. The van der Waals surface area contributed by atoms with Crippen LogP contribution in [-0.2, 0) is 47.6 Å². The van der Waals surface area contributed by atoms with Gasteiger partial charge < -0.3 is 90.1 Å². The Morgan fingerprint density at radius 1 is 0.837 bits per heavy atom. The number of ether oxygens (including phenoxy) is 6. The Bertz CT molecular complexity index is 1160. The van der Waals surface area contributed by atoms with E-state index in [0.717, 1.165) is 20.8 Å². The van der Waals surface area contributed by atoms with Crippen LogP contribution in [0, 0.1) is 0 Å². The van der Waals surface area contributed by atoms with Gasteiger partial charge in [-0.1, -0.05) is 0 Å². The number of esters is 1. The summed E-state index contributed by atoms with van der Waals surface area (Å²) in [7, 11) is 0. The van der Waals surface area contributed by atoms with Crippen molar-refractivity contribution >= 4 is 23.8 Å². The van der Waals surface area contributed by atoms with Crippen LogP contribution >= 0.6 is 0 Å². The lowest BCUT2D eigenvalue weighted by molar-refractivity contribution is -0.382. The van der Waals surface area contributed by atoms with Crippen molar-refractivity contribution in [1.82, 2.24) is 10.6 Å². The maximum Gasteiger partial charge on any atom is 0.364 e. The summed E-state index contributed by atoms with van der Waals surface area (Å²) in [5.41, 5.74) is 0. The highest BCUT2D eigenvalue weighted by molar-refractivity contribution is 5.76. The van der Waals surface area contributed by atoms with Crippen molar-refractivity contribution in [3.8, 4) is 0 Å². The fourth-order valence-electron chi connectivity index (χ4n) is 5.76. The maximum atomic E-state index is 12.7. The van der Waals surface area contributed by atoms with E-state index in [1.807, 2.05) is 0 Å². The Morgan fingerprint density at radius 3 is 1.96 bits per heavy atom. The van der Waals surface area contributed by atoms with Gasteiger partial charge in [0.25, 0.3) is 5.79 Å². The van der Waals surface area contributed by atoms with Crippen molar-refractivity contribution in [3.05, 3.63) is 0 Å². The van der Waals surface area contributed by atoms with Gasteiger partial charge in [-0.3, -0.25) is 14.4 Å². The topological polar surface area (TPSA) is 350 Å². The summed E-state index contributed by atoms with van der Waals surface area (Å²) in [6.45, 7) is 0.408. The van der Waals surface area contributed by atoms with Crippen LogP contribution in [0.15, 0.2) is 0 Å². The minimum Gasteiger partial charge on any atom is -0.477 e. The first-order chi connectivity index (χ1) is 22.9. The van der Waals surface area contributed by atoms with Crippen molar-refractivity contribution in [3.63, 3.8) is 0 Å². The van der Waals surface area contributed by atoms with Crippen LogP contribution in [-0.4, -0.2) is 192 Å². The van der Waals surface area contributed by atoms with E-state index < -0.39 is 148 Å². The zero-order valence-electron chi connectivity index (χ0n) is 26.5. The number of nitrogens with one attached hydrogen (secondary N) is 2. The molecule has 22 nitrogen and oxygen atoms in total. The van der Waals surface area contributed by atoms with Crippen molar-refractivity contribution in [2.45, 2.75) is 125 Å². The number of aliphatic carboxylic acids is 1. The molecule has 12 N–H and O–H groups in total. The lowest BCUT2D eigenvalue weighted by atomic mass is 9.88. The minimum atomic E-state index is -3.07. The molecule has 0 saturated carbocycles. The number of aliphatic hydroxyl groups is 9. The van der Waals surface area contributed by atoms with E-state index in [4.69, 9.17) is 23.7 Å². The molecule has 0 aromatic carbocycles. The fraction of sp³-hybridized carbons (Fsp3) is 0.852. The monoisotopic (exact) mass is 716 g/mol. The van der Waals surface area contributed by atoms with Crippen LogP contribution in [0.2, 0.25) is 0 Å². The maximum absolute atomic E-state index is 12.7.